The number of anilines is 1. The van der Waals surface area contributed by atoms with Gasteiger partial charge in [-0.05, 0) is 56.6 Å². The Hall–Kier alpha value is -1.62. The normalized spacial score (nSPS) is 18.7. The number of nitrogens with two attached hydrogens (primary N) is 1. The number of aromatic nitrogens is 1. The molecule has 23 heavy (non-hydrogen) atoms. The van der Waals surface area contributed by atoms with Gasteiger partial charge in [0.15, 0.2) is 0 Å². The molecule has 0 spiro atoms. The van der Waals surface area contributed by atoms with Crippen LogP contribution in [0.25, 0.3) is 10.2 Å². The number of rotatable bonds is 1. The van der Waals surface area contributed by atoms with Gasteiger partial charge in [-0.3, -0.25) is 4.79 Å². The van der Waals surface area contributed by atoms with E-state index in [1.807, 2.05) is 4.90 Å². The van der Waals surface area contributed by atoms with Gasteiger partial charge in [-0.1, -0.05) is 6.42 Å². The number of carbonyl (C=O) groups excluding carboxylic acids is 1. The summed E-state index contributed by atoms with van der Waals surface area (Å²) >= 11 is 1.48. The van der Waals surface area contributed by atoms with Crippen LogP contribution in [0.3, 0.4) is 0 Å². The molecular weight excluding hydrogens is 306 g/mol. The van der Waals surface area contributed by atoms with E-state index in [0.29, 0.717) is 10.6 Å². The van der Waals surface area contributed by atoms with E-state index in [2.05, 4.69) is 6.07 Å². The van der Waals surface area contributed by atoms with Crippen molar-refractivity contribution in [1.29, 1.82) is 0 Å². The second kappa shape index (κ2) is 6.11. The van der Waals surface area contributed by atoms with Crippen molar-refractivity contribution in [1.82, 2.24) is 9.88 Å². The largest absolute Gasteiger partial charge is 0.397 e. The van der Waals surface area contributed by atoms with Crippen LogP contribution in [-0.2, 0) is 12.8 Å². The molecule has 2 aromatic heterocycles. The van der Waals surface area contributed by atoms with Crippen molar-refractivity contribution in [3.05, 3.63) is 22.2 Å². The number of piperidine rings is 1. The number of hydrogen-bond acceptors (Lipinski definition) is 4. The molecule has 2 aromatic rings. The van der Waals surface area contributed by atoms with Crippen LogP contribution in [0.5, 0.6) is 0 Å². The molecule has 2 N–H and O–H groups in total. The van der Waals surface area contributed by atoms with Gasteiger partial charge in [0.05, 0.1) is 5.69 Å². The molecule has 4 rings (SSSR count). The minimum atomic E-state index is 0.0976. The molecule has 0 saturated carbocycles. The second-order valence-corrected chi connectivity index (χ2v) is 7.70. The van der Waals surface area contributed by atoms with Crippen molar-refractivity contribution in [3.8, 4) is 0 Å². The molecule has 0 aromatic carbocycles. The van der Waals surface area contributed by atoms with Gasteiger partial charge < -0.3 is 10.6 Å². The van der Waals surface area contributed by atoms with Crippen molar-refractivity contribution < 1.29 is 4.79 Å². The van der Waals surface area contributed by atoms with Crippen LogP contribution >= 0.6 is 11.3 Å². The van der Waals surface area contributed by atoms with E-state index in [1.165, 1.54) is 48.3 Å². The Labute approximate surface area is 140 Å². The highest BCUT2D eigenvalue weighted by Gasteiger charge is 2.24. The first-order valence-corrected chi connectivity index (χ1v) is 9.56. The summed E-state index contributed by atoms with van der Waals surface area (Å²) in [7, 11) is 0. The summed E-state index contributed by atoms with van der Waals surface area (Å²) in [6.07, 6.45) is 9.28. The van der Waals surface area contributed by atoms with E-state index in [-0.39, 0.29) is 5.91 Å². The number of aryl methyl sites for hydroxylation is 2. The van der Waals surface area contributed by atoms with Gasteiger partial charge >= 0.3 is 0 Å². The summed E-state index contributed by atoms with van der Waals surface area (Å²) < 4.78 is 0. The Kier molecular flexibility index (Phi) is 3.97. The Morgan fingerprint density at radius 1 is 1.09 bits per heavy atom. The standard InChI is InChI=1S/C18H23N3OS/c19-15-13-11-12-7-3-1-4-8-14(12)20-17(13)23-16(15)18(22)21-9-5-2-6-10-21/h11H,1-10,19H2. The van der Waals surface area contributed by atoms with Crippen LogP contribution in [-0.4, -0.2) is 28.9 Å². The molecular formula is C18H23N3OS. The first-order chi connectivity index (χ1) is 11.2. The number of carbonyl (C=O) groups is 1. The Morgan fingerprint density at radius 3 is 2.65 bits per heavy atom. The summed E-state index contributed by atoms with van der Waals surface area (Å²) in [6.45, 7) is 1.72. The molecule has 4 nitrogen and oxygen atoms in total. The average Bonchev–Trinajstić information content (AvgIpc) is 2.75. The molecule has 1 fully saturated rings. The topological polar surface area (TPSA) is 59.2 Å². The summed E-state index contributed by atoms with van der Waals surface area (Å²) in [6, 6.07) is 2.20. The van der Waals surface area contributed by atoms with Crippen molar-refractivity contribution in [2.75, 3.05) is 18.8 Å². The highest BCUT2D eigenvalue weighted by molar-refractivity contribution is 7.21. The lowest BCUT2D eigenvalue weighted by atomic mass is 10.1. The Bertz CT molecular complexity index is 746. The van der Waals surface area contributed by atoms with Gasteiger partial charge in [-0.2, -0.15) is 0 Å². The highest BCUT2D eigenvalue weighted by atomic mass is 32.1. The van der Waals surface area contributed by atoms with Gasteiger partial charge in [0.25, 0.3) is 5.91 Å². The van der Waals surface area contributed by atoms with Crippen LogP contribution in [0.15, 0.2) is 6.07 Å². The minimum absolute atomic E-state index is 0.0976. The SMILES string of the molecule is Nc1c(C(=O)N2CCCCC2)sc2nc3c(cc12)CCCCC3. The predicted octanol–water partition coefficient (Wildman–Crippen LogP) is 3.77. The number of nitrogen functional groups attached to an aromatic ring is 1. The highest BCUT2D eigenvalue weighted by Crippen LogP contribution is 2.36. The summed E-state index contributed by atoms with van der Waals surface area (Å²) in [5, 5.41) is 0.982. The van der Waals surface area contributed by atoms with E-state index in [1.54, 1.807) is 0 Å². The number of fused-ring (bicyclic) bond motifs is 2. The van der Waals surface area contributed by atoms with E-state index in [4.69, 9.17) is 10.7 Å². The Morgan fingerprint density at radius 2 is 1.83 bits per heavy atom. The zero-order chi connectivity index (χ0) is 15.8. The van der Waals surface area contributed by atoms with Gasteiger partial charge in [0.2, 0.25) is 0 Å². The fourth-order valence-corrected chi connectivity index (χ4v) is 4.80. The summed E-state index contributed by atoms with van der Waals surface area (Å²) in [5.41, 5.74) is 9.53. The van der Waals surface area contributed by atoms with Crippen LogP contribution in [0, 0.1) is 0 Å². The van der Waals surface area contributed by atoms with Crippen LogP contribution in [0.4, 0.5) is 5.69 Å². The number of thiophene rings is 1. The van der Waals surface area contributed by atoms with Crippen molar-refractivity contribution in [2.45, 2.75) is 51.4 Å². The second-order valence-electron chi connectivity index (χ2n) is 6.71. The number of hydrogen-bond donors (Lipinski definition) is 1. The maximum Gasteiger partial charge on any atom is 0.266 e. The number of amides is 1. The van der Waals surface area contributed by atoms with E-state index >= 15 is 0 Å². The number of nitrogens with zero attached hydrogens (tertiary/aromatic N) is 2. The minimum Gasteiger partial charge on any atom is -0.397 e. The van der Waals surface area contributed by atoms with Gasteiger partial charge in [-0.25, -0.2) is 4.98 Å². The smallest absolute Gasteiger partial charge is 0.266 e. The molecule has 5 heteroatoms. The lowest BCUT2D eigenvalue weighted by molar-refractivity contribution is 0.0730. The summed E-state index contributed by atoms with van der Waals surface area (Å²) in [4.78, 5) is 21.2. The maximum absolute atomic E-state index is 12.8. The van der Waals surface area contributed by atoms with Gasteiger partial charge in [0, 0.05) is 24.2 Å². The van der Waals surface area contributed by atoms with Crippen molar-refractivity contribution in [2.24, 2.45) is 0 Å². The van der Waals surface area contributed by atoms with Gasteiger partial charge in [-0.15, -0.1) is 11.3 Å². The lowest BCUT2D eigenvalue weighted by Crippen LogP contribution is -2.35. The molecule has 0 radical (unpaired) electrons. The van der Waals surface area contributed by atoms with E-state index in [9.17, 15) is 4.79 Å². The van der Waals surface area contributed by atoms with Crippen LogP contribution in [0.2, 0.25) is 0 Å². The number of pyridine rings is 1. The third-order valence-corrected chi connectivity index (χ3v) is 6.19. The molecule has 0 bridgehead atoms. The molecule has 1 aliphatic carbocycles. The maximum atomic E-state index is 12.8. The molecule has 2 aliphatic rings. The molecule has 1 amide bonds. The monoisotopic (exact) mass is 329 g/mol. The number of likely N-dealkylation sites (tertiary alicyclic amines) is 1. The van der Waals surface area contributed by atoms with E-state index < -0.39 is 0 Å². The van der Waals surface area contributed by atoms with Crippen molar-refractivity contribution >= 4 is 33.1 Å². The molecule has 0 unspecified atom stereocenters. The quantitative estimate of drug-likeness (QED) is 0.810. The summed E-state index contributed by atoms with van der Waals surface area (Å²) in [5.74, 6) is 0.0976. The average molecular weight is 329 g/mol. The van der Waals surface area contributed by atoms with Crippen molar-refractivity contribution in [3.63, 3.8) is 0 Å². The molecule has 0 atom stereocenters. The third kappa shape index (κ3) is 2.71. The van der Waals surface area contributed by atoms with Crippen LogP contribution < -0.4 is 5.73 Å². The fraction of sp³-hybridized carbons (Fsp3) is 0.556. The Balaban J connectivity index is 1.73. The van der Waals surface area contributed by atoms with E-state index in [0.717, 1.165) is 49.0 Å². The first-order valence-electron chi connectivity index (χ1n) is 8.74. The predicted molar refractivity (Wildman–Crippen MR) is 95.0 cm³/mol. The van der Waals surface area contributed by atoms with Gasteiger partial charge in [0.1, 0.15) is 9.71 Å². The van der Waals surface area contributed by atoms with Crippen LogP contribution in [0.1, 0.15) is 59.5 Å². The third-order valence-electron chi connectivity index (χ3n) is 5.09. The first kappa shape index (κ1) is 14.9. The fourth-order valence-electron chi connectivity index (χ4n) is 3.74. The molecule has 1 saturated heterocycles. The zero-order valence-corrected chi connectivity index (χ0v) is 14.3. The molecule has 3 heterocycles. The lowest BCUT2D eigenvalue weighted by Gasteiger charge is -2.26. The molecule has 1 aliphatic heterocycles. The molecule has 122 valence electrons. The zero-order valence-electron chi connectivity index (χ0n) is 13.4.